The summed E-state index contributed by atoms with van der Waals surface area (Å²) in [4.78, 5) is 54.4. The number of benzene rings is 2. The van der Waals surface area contributed by atoms with Gasteiger partial charge in [-0.3, -0.25) is 14.4 Å². The van der Waals surface area contributed by atoms with Gasteiger partial charge in [0.25, 0.3) is 5.91 Å². The molecule has 4 amide bonds. The first-order valence-corrected chi connectivity index (χ1v) is 13.9. The van der Waals surface area contributed by atoms with Crippen LogP contribution in [0.15, 0.2) is 49.0 Å². The van der Waals surface area contributed by atoms with E-state index < -0.39 is 47.5 Å². The Morgan fingerprint density at radius 2 is 1.68 bits per heavy atom. The molecule has 0 aliphatic carbocycles. The maximum Gasteiger partial charge on any atom is 0.408 e. The molecule has 0 saturated carbocycles. The number of carbonyl (C=O) groups excluding carboxylic acids is 4. The number of rotatable bonds is 12. The summed E-state index contributed by atoms with van der Waals surface area (Å²) in [5.41, 5.74) is 8.37. The van der Waals surface area contributed by atoms with E-state index in [0.717, 1.165) is 16.7 Å². The maximum absolute atomic E-state index is 14.3. The van der Waals surface area contributed by atoms with Gasteiger partial charge in [-0.05, 0) is 82.7 Å². The van der Waals surface area contributed by atoms with Crippen molar-refractivity contribution in [3.8, 4) is 0 Å². The predicted octanol–water partition coefficient (Wildman–Crippen LogP) is 5.41. The molecular formula is C32H44N4O5. The molecule has 3 unspecified atom stereocenters. The predicted molar refractivity (Wildman–Crippen MR) is 162 cm³/mol. The quantitative estimate of drug-likeness (QED) is 0.317. The van der Waals surface area contributed by atoms with Crippen molar-refractivity contribution in [2.45, 2.75) is 91.5 Å². The van der Waals surface area contributed by atoms with Crippen LogP contribution in [-0.4, -0.2) is 46.4 Å². The average Bonchev–Trinajstić information content (AvgIpc) is 2.89. The highest BCUT2D eigenvalue weighted by atomic mass is 16.6. The zero-order valence-corrected chi connectivity index (χ0v) is 25.2. The van der Waals surface area contributed by atoms with Gasteiger partial charge in [-0.25, -0.2) is 4.79 Å². The lowest BCUT2D eigenvalue weighted by molar-refractivity contribution is -0.143. The molecule has 41 heavy (non-hydrogen) atoms. The molecule has 0 bridgehead atoms. The van der Waals surface area contributed by atoms with Crippen molar-refractivity contribution in [2.24, 2.45) is 5.73 Å². The lowest BCUT2D eigenvalue weighted by atomic mass is 9.97. The monoisotopic (exact) mass is 564 g/mol. The lowest BCUT2D eigenvalue weighted by Gasteiger charge is -2.38. The first-order valence-electron chi connectivity index (χ1n) is 13.9. The van der Waals surface area contributed by atoms with Gasteiger partial charge in [0, 0.05) is 18.2 Å². The second-order valence-electron chi connectivity index (χ2n) is 11.2. The van der Waals surface area contributed by atoms with E-state index in [1.165, 1.54) is 4.90 Å². The normalized spacial score (nSPS) is 13.3. The fourth-order valence-corrected chi connectivity index (χ4v) is 4.47. The Bertz CT molecular complexity index is 1250. The molecule has 9 heteroatoms. The molecule has 2 aromatic carbocycles. The standard InChI is InChI=1S/C32H44N4O5/c1-9-22(5)36(30(39)25(17-18-26(33)37)34-31(40)41-32(6,7)8)28(24-16-12-15-23(10-2)19-24)29(38)35-27-20(3)13-11-14-21(27)4/h10-16,19,22,25,28H,2,9,17-18H2,1,3-8H3,(H2,33,37)(H,34,40)(H,35,38). The van der Waals surface area contributed by atoms with Gasteiger partial charge in [-0.15, -0.1) is 0 Å². The number of carbonyl (C=O) groups is 4. The molecule has 0 saturated heterocycles. The number of para-hydroxylation sites is 1. The van der Waals surface area contributed by atoms with Crippen LogP contribution in [0.2, 0.25) is 0 Å². The number of nitrogens with zero attached hydrogens (tertiary/aromatic N) is 1. The van der Waals surface area contributed by atoms with Crippen LogP contribution in [0.3, 0.4) is 0 Å². The Morgan fingerprint density at radius 3 is 2.22 bits per heavy atom. The summed E-state index contributed by atoms with van der Waals surface area (Å²) >= 11 is 0. The van der Waals surface area contributed by atoms with Crippen LogP contribution in [0.1, 0.15) is 82.2 Å². The molecule has 2 rings (SSSR count). The van der Waals surface area contributed by atoms with Crippen molar-refractivity contribution in [1.82, 2.24) is 10.2 Å². The highest BCUT2D eigenvalue weighted by molar-refractivity contribution is 6.00. The Kier molecular flexibility index (Phi) is 11.7. The topological polar surface area (TPSA) is 131 Å². The van der Waals surface area contributed by atoms with Crippen LogP contribution in [0, 0.1) is 13.8 Å². The van der Waals surface area contributed by atoms with E-state index in [2.05, 4.69) is 17.2 Å². The third-order valence-corrected chi connectivity index (χ3v) is 6.71. The van der Waals surface area contributed by atoms with E-state index in [-0.39, 0.29) is 12.8 Å². The molecule has 222 valence electrons. The van der Waals surface area contributed by atoms with Gasteiger partial charge < -0.3 is 26.0 Å². The van der Waals surface area contributed by atoms with Gasteiger partial charge in [0.15, 0.2) is 0 Å². The van der Waals surface area contributed by atoms with Crippen LogP contribution in [-0.2, 0) is 19.1 Å². The number of primary amides is 1. The van der Waals surface area contributed by atoms with Crippen LogP contribution in [0.25, 0.3) is 6.08 Å². The fourth-order valence-electron chi connectivity index (χ4n) is 4.47. The molecule has 0 spiro atoms. The molecule has 0 aliphatic heterocycles. The summed E-state index contributed by atoms with van der Waals surface area (Å²) in [7, 11) is 0. The highest BCUT2D eigenvalue weighted by Crippen LogP contribution is 2.30. The van der Waals surface area contributed by atoms with Crippen molar-refractivity contribution < 1.29 is 23.9 Å². The number of ether oxygens (including phenoxy) is 1. The van der Waals surface area contributed by atoms with Gasteiger partial charge >= 0.3 is 6.09 Å². The first-order chi connectivity index (χ1) is 19.2. The Hall–Kier alpha value is -4.14. The zero-order chi connectivity index (χ0) is 30.9. The molecule has 0 heterocycles. The van der Waals surface area contributed by atoms with Crippen LogP contribution in [0.4, 0.5) is 10.5 Å². The van der Waals surface area contributed by atoms with E-state index in [9.17, 15) is 19.2 Å². The van der Waals surface area contributed by atoms with Gasteiger partial charge in [0.05, 0.1) is 0 Å². The fraction of sp³-hybridized carbons (Fsp3) is 0.438. The Morgan fingerprint density at radius 1 is 1.07 bits per heavy atom. The van der Waals surface area contributed by atoms with Crippen molar-refractivity contribution in [3.63, 3.8) is 0 Å². The molecule has 9 nitrogen and oxygen atoms in total. The van der Waals surface area contributed by atoms with Gasteiger partial charge in [0.1, 0.15) is 17.7 Å². The van der Waals surface area contributed by atoms with E-state index in [1.54, 1.807) is 39.0 Å². The minimum Gasteiger partial charge on any atom is -0.444 e. The summed E-state index contributed by atoms with van der Waals surface area (Å²) in [6, 6.07) is 10.3. The number of hydrogen-bond acceptors (Lipinski definition) is 5. The van der Waals surface area contributed by atoms with E-state index in [4.69, 9.17) is 10.5 Å². The average molecular weight is 565 g/mol. The molecule has 2 aromatic rings. The molecule has 0 fully saturated rings. The third-order valence-electron chi connectivity index (χ3n) is 6.71. The highest BCUT2D eigenvalue weighted by Gasteiger charge is 2.39. The van der Waals surface area contributed by atoms with Crippen LogP contribution >= 0.6 is 0 Å². The number of amides is 4. The number of alkyl carbamates (subject to hydrolysis) is 1. The van der Waals surface area contributed by atoms with Crippen molar-refractivity contribution in [2.75, 3.05) is 5.32 Å². The number of anilines is 1. The van der Waals surface area contributed by atoms with E-state index in [0.29, 0.717) is 17.7 Å². The van der Waals surface area contributed by atoms with Crippen molar-refractivity contribution >= 4 is 35.6 Å². The first kappa shape index (κ1) is 33.1. The van der Waals surface area contributed by atoms with Crippen LogP contribution in [0.5, 0.6) is 0 Å². The minimum absolute atomic E-state index is 0.0573. The SMILES string of the molecule is C=Cc1cccc(C(C(=O)Nc2c(C)cccc2C)N(C(=O)C(CCC(N)=O)NC(=O)OC(C)(C)C)C(C)CC)c1. The number of nitrogens with one attached hydrogen (secondary N) is 2. The molecule has 4 N–H and O–H groups in total. The second kappa shape index (κ2) is 14.5. The van der Waals surface area contributed by atoms with E-state index >= 15 is 0 Å². The molecule has 0 radical (unpaired) electrons. The van der Waals surface area contributed by atoms with Crippen molar-refractivity contribution in [3.05, 3.63) is 71.3 Å². The Balaban J connectivity index is 2.65. The second-order valence-corrected chi connectivity index (χ2v) is 11.2. The van der Waals surface area contributed by atoms with Crippen LogP contribution < -0.4 is 16.4 Å². The number of hydrogen-bond donors (Lipinski definition) is 3. The molecule has 3 atom stereocenters. The largest absolute Gasteiger partial charge is 0.444 e. The molecule has 0 aliphatic rings. The third kappa shape index (κ3) is 9.48. The lowest BCUT2D eigenvalue weighted by Crippen LogP contribution is -2.55. The summed E-state index contributed by atoms with van der Waals surface area (Å²) in [6.07, 6.45) is 1.17. The summed E-state index contributed by atoms with van der Waals surface area (Å²) < 4.78 is 5.39. The van der Waals surface area contributed by atoms with Gasteiger partial charge in [-0.2, -0.15) is 0 Å². The smallest absolute Gasteiger partial charge is 0.408 e. The molecular weight excluding hydrogens is 520 g/mol. The summed E-state index contributed by atoms with van der Waals surface area (Å²) in [6.45, 7) is 16.5. The van der Waals surface area contributed by atoms with Gasteiger partial charge in [0.2, 0.25) is 11.8 Å². The van der Waals surface area contributed by atoms with Gasteiger partial charge in [-0.1, -0.05) is 56.0 Å². The van der Waals surface area contributed by atoms with E-state index in [1.807, 2.05) is 58.0 Å². The number of nitrogens with two attached hydrogens (primary N) is 1. The molecule has 0 aromatic heterocycles. The number of aryl methyl sites for hydroxylation is 2. The maximum atomic E-state index is 14.3. The zero-order valence-electron chi connectivity index (χ0n) is 25.2. The van der Waals surface area contributed by atoms with Crippen molar-refractivity contribution in [1.29, 1.82) is 0 Å². The Labute approximate surface area is 243 Å². The summed E-state index contributed by atoms with van der Waals surface area (Å²) in [5, 5.41) is 5.66. The summed E-state index contributed by atoms with van der Waals surface area (Å²) in [5.74, 6) is -1.56. The minimum atomic E-state index is -1.16.